The summed E-state index contributed by atoms with van der Waals surface area (Å²) in [6.07, 6.45) is -4.42. The maximum absolute atomic E-state index is 11.8. The number of halogens is 3. The number of thiocarbonyl (C=S) groups is 1. The highest BCUT2D eigenvalue weighted by Gasteiger charge is 2.31. The predicted octanol–water partition coefficient (Wildman–Crippen LogP) is 1.22. The smallest absolute Gasteiger partial charge is 0.393 e. The molecule has 1 unspecified atom stereocenters. The van der Waals surface area contributed by atoms with Gasteiger partial charge in [0.15, 0.2) is 0 Å². The van der Waals surface area contributed by atoms with Gasteiger partial charge in [-0.25, -0.2) is 0 Å². The van der Waals surface area contributed by atoms with Gasteiger partial charge in [0.25, 0.3) is 0 Å². The summed E-state index contributed by atoms with van der Waals surface area (Å²) >= 11 is 4.61. The van der Waals surface area contributed by atoms with Crippen molar-refractivity contribution in [2.24, 2.45) is 17.6 Å². The van der Waals surface area contributed by atoms with E-state index in [1.54, 1.807) is 19.2 Å². The predicted molar refractivity (Wildman–Crippen MR) is 54.2 cm³/mol. The molecule has 15 heavy (non-hydrogen) atoms. The van der Waals surface area contributed by atoms with Crippen molar-refractivity contribution in [2.75, 3.05) is 6.54 Å². The van der Waals surface area contributed by atoms with Gasteiger partial charge in [-0.05, 0) is 5.92 Å². The Morgan fingerprint density at radius 3 is 2.20 bits per heavy atom. The molecule has 88 valence electrons. The van der Waals surface area contributed by atoms with Crippen LogP contribution in [0.5, 0.6) is 0 Å². The number of rotatable bonds is 4. The van der Waals surface area contributed by atoms with Crippen molar-refractivity contribution in [3.8, 4) is 0 Å². The molecule has 0 aliphatic carbocycles. The Bertz CT molecular complexity index is 253. The van der Waals surface area contributed by atoms with Crippen molar-refractivity contribution in [1.82, 2.24) is 5.32 Å². The molecule has 0 saturated heterocycles. The molecule has 0 aliphatic heterocycles. The first-order valence-corrected chi connectivity index (χ1v) is 4.69. The highest BCUT2D eigenvalue weighted by Crippen LogP contribution is 2.15. The summed E-state index contributed by atoms with van der Waals surface area (Å²) in [6, 6.07) is 0. The summed E-state index contributed by atoms with van der Waals surface area (Å²) in [5, 5.41) is 1.75. The van der Waals surface area contributed by atoms with Crippen LogP contribution < -0.4 is 11.1 Å². The van der Waals surface area contributed by atoms with Gasteiger partial charge in [-0.1, -0.05) is 26.1 Å². The number of nitrogens with two attached hydrogens (primary N) is 1. The number of hydrogen-bond donors (Lipinski definition) is 2. The van der Waals surface area contributed by atoms with E-state index in [-0.39, 0.29) is 10.9 Å². The van der Waals surface area contributed by atoms with Crippen molar-refractivity contribution in [3.63, 3.8) is 0 Å². The Morgan fingerprint density at radius 1 is 1.47 bits per heavy atom. The van der Waals surface area contributed by atoms with Gasteiger partial charge in [0, 0.05) is 0 Å². The average Bonchev–Trinajstić information content (AvgIpc) is 1.97. The van der Waals surface area contributed by atoms with E-state index >= 15 is 0 Å². The molecule has 0 aromatic rings. The molecule has 0 bridgehead atoms. The second kappa shape index (κ2) is 5.29. The largest absolute Gasteiger partial charge is 0.405 e. The van der Waals surface area contributed by atoms with Gasteiger partial charge in [0.1, 0.15) is 6.54 Å². The van der Waals surface area contributed by atoms with E-state index in [9.17, 15) is 18.0 Å². The molecule has 0 heterocycles. The van der Waals surface area contributed by atoms with Gasteiger partial charge in [-0.15, -0.1) is 0 Å². The van der Waals surface area contributed by atoms with E-state index in [0.717, 1.165) is 0 Å². The number of amides is 1. The average molecular weight is 242 g/mol. The molecule has 0 aromatic heterocycles. The molecular formula is C8H13F3N2OS. The maximum atomic E-state index is 11.8. The van der Waals surface area contributed by atoms with Crippen molar-refractivity contribution in [3.05, 3.63) is 0 Å². The zero-order chi connectivity index (χ0) is 12.2. The van der Waals surface area contributed by atoms with Gasteiger partial charge in [0.2, 0.25) is 5.91 Å². The van der Waals surface area contributed by atoms with E-state index < -0.39 is 24.5 Å². The Labute approximate surface area is 91.2 Å². The summed E-state index contributed by atoms with van der Waals surface area (Å²) in [7, 11) is 0. The monoisotopic (exact) mass is 242 g/mol. The first kappa shape index (κ1) is 14.2. The lowest BCUT2D eigenvalue weighted by molar-refractivity contribution is -0.140. The van der Waals surface area contributed by atoms with Crippen LogP contribution in [-0.2, 0) is 4.79 Å². The van der Waals surface area contributed by atoms with Crippen LogP contribution in [0.1, 0.15) is 13.8 Å². The van der Waals surface area contributed by atoms with Gasteiger partial charge < -0.3 is 11.1 Å². The molecule has 0 saturated carbocycles. The van der Waals surface area contributed by atoms with Crippen LogP contribution in [0.2, 0.25) is 0 Å². The summed E-state index contributed by atoms with van der Waals surface area (Å²) in [4.78, 5) is 11.2. The minimum absolute atomic E-state index is 0.0929. The van der Waals surface area contributed by atoms with Crippen LogP contribution in [0.4, 0.5) is 13.2 Å². The molecule has 0 aromatic carbocycles. The highest BCUT2D eigenvalue weighted by atomic mass is 32.1. The van der Waals surface area contributed by atoms with Crippen LogP contribution in [0.3, 0.4) is 0 Å². The van der Waals surface area contributed by atoms with E-state index in [2.05, 4.69) is 12.2 Å². The Morgan fingerprint density at radius 2 is 1.93 bits per heavy atom. The van der Waals surface area contributed by atoms with Gasteiger partial charge in [-0.2, -0.15) is 13.2 Å². The molecule has 0 spiro atoms. The van der Waals surface area contributed by atoms with Crippen molar-refractivity contribution in [1.29, 1.82) is 0 Å². The zero-order valence-electron chi connectivity index (χ0n) is 8.39. The molecular weight excluding hydrogens is 229 g/mol. The summed E-state index contributed by atoms with van der Waals surface area (Å²) in [5.41, 5.74) is 5.27. The first-order chi connectivity index (χ1) is 6.65. The molecule has 0 fully saturated rings. The van der Waals surface area contributed by atoms with Crippen molar-refractivity contribution in [2.45, 2.75) is 20.0 Å². The molecule has 0 radical (unpaired) electrons. The Kier molecular flexibility index (Phi) is 4.99. The third-order valence-corrected chi connectivity index (χ3v) is 1.97. The van der Waals surface area contributed by atoms with E-state index in [0.29, 0.717) is 0 Å². The standard InChI is InChI=1S/C8H13F3N2OS/c1-4(2)5(6(12)15)7(14)13-3-8(9,10)11/h4-5H,3H2,1-2H3,(H2,12,15)(H,13,14). The van der Waals surface area contributed by atoms with Crippen LogP contribution in [-0.4, -0.2) is 23.6 Å². The summed E-state index contributed by atoms with van der Waals surface area (Å²) in [5.74, 6) is -1.87. The molecule has 3 nitrogen and oxygen atoms in total. The molecule has 0 rings (SSSR count). The fourth-order valence-electron chi connectivity index (χ4n) is 1.06. The van der Waals surface area contributed by atoms with Gasteiger partial charge in [0.05, 0.1) is 10.9 Å². The summed E-state index contributed by atoms with van der Waals surface area (Å²) in [6.45, 7) is 1.96. The van der Waals surface area contributed by atoms with Gasteiger partial charge >= 0.3 is 6.18 Å². The van der Waals surface area contributed by atoms with E-state index in [1.807, 2.05) is 0 Å². The minimum atomic E-state index is -4.42. The lowest BCUT2D eigenvalue weighted by Gasteiger charge is -2.19. The topological polar surface area (TPSA) is 55.1 Å². The van der Waals surface area contributed by atoms with Crippen LogP contribution >= 0.6 is 12.2 Å². The third-order valence-electron chi connectivity index (χ3n) is 1.72. The first-order valence-electron chi connectivity index (χ1n) is 4.29. The zero-order valence-corrected chi connectivity index (χ0v) is 9.21. The van der Waals surface area contributed by atoms with Gasteiger partial charge in [-0.3, -0.25) is 4.79 Å². The third kappa shape index (κ3) is 5.56. The number of carbonyl (C=O) groups excluding carboxylic acids is 1. The lowest BCUT2D eigenvalue weighted by atomic mass is 9.95. The Hall–Kier alpha value is -0.850. The molecule has 1 atom stereocenters. The van der Waals surface area contributed by atoms with Crippen LogP contribution in [0, 0.1) is 11.8 Å². The number of nitrogens with one attached hydrogen (secondary N) is 1. The Balaban J connectivity index is 4.35. The minimum Gasteiger partial charge on any atom is -0.393 e. The maximum Gasteiger partial charge on any atom is 0.405 e. The number of alkyl halides is 3. The number of hydrogen-bond acceptors (Lipinski definition) is 2. The van der Waals surface area contributed by atoms with E-state index in [4.69, 9.17) is 5.73 Å². The van der Waals surface area contributed by atoms with Crippen molar-refractivity contribution < 1.29 is 18.0 Å². The normalized spacial score (nSPS) is 13.7. The fourth-order valence-corrected chi connectivity index (χ4v) is 1.44. The summed E-state index contributed by atoms with van der Waals surface area (Å²) < 4.78 is 35.4. The lowest BCUT2D eigenvalue weighted by Crippen LogP contribution is -2.44. The molecule has 1 amide bonds. The highest BCUT2D eigenvalue weighted by molar-refractivity contribution is 7.80. The second-order valence-electron chi connectivity index (χ2n) is 3.46. The SMILES string of the molecule is CC(C)C(C(=O)NCC(F)(F)F)C(N)=S. The van der Waals surface area contributed by atoms with Crippen molar-refractivity contribution >= 4 is 23.1 Å². The molecule has 3 N–H and O–H groups in total. The molecule has 0 aliphatic rings. The van der Waals surface area contributed by atoms with Crippen LogP contribution in [0.15, 0.2) is 0 Å². The van der Waals surface area contributed by atoms with E-state index in [1.165, 1.54) is 0 Å². The fraction of sp³-hybridized carbons (Fsp3) is 0.750. The second-order valence-corrected chi connectivity index (χ2v) is 3.93. The van der Waals surface area contributed by atoms with Crippen LogP contribution in [0.25, 0.3) is 0 Å². The quantitative estimate of drug-likeness (QED) is 0.729. The molecule has 7 heteroatoms. The number of carbonyl (C=O) groups is 1.